The summed E-state index contributed by atoms with van der Waals surface area (Å²) in [6.07, 6.45) is 1.57. The Balaban J connectivity index is 1.55. The Morgan fingerprint density at radius 1 is 1.07 bits per heavy atom. The molecule has 1 aliphatic heterocycles. The number of likely N-dealkylation sites (tertiary alicyclic amines) is 1. The van der Waals surface area contributed by atoms with Crippen LogP contribution in [-0.2, 0) is 15.8 Å². The molecule has 2 saturated carbocycles. The van der Waals surface area contributed by atoms with Crippen LogP contribution in [0.4, 0.5) is 13.2 Å². The summed E-state index contributed by atoms with van der Waals surface area (Å²) in [5.41, 5.74) is -0.235. The smallest absolute Gasteiger partial charge is 0.356 e. The molecule has 2 unspecified atom stereocenters. The molecule has 1 saturated heterocycles. The van der Waals surface area contributed by atoms with Crippen molar-refractivity contribution in [2.75, 3.05) is 19.6 Å². The van der Waals surface area contributed by atoms with Gasteiger partial charge in [0.25, 0.3) is 0 Å². The maximum absolute atomic E-state index is 13.2. The normalized spacial score (nSPS) is 25.4. The number of hydrogen-bond acceptors (Lipinski definition) is 2. The van der Waals surface area contributed by atoms with E-state index in [0.29, 0.717) is 24.6 Å². The number of hydrogen-bond donors (Lipinski definition) is 1. The van der Waals surface area contributed by atoms with Gasteiger partial charge in [-0.3, -0.25) is 9.59 Å². The number of benzene rings is 1. The van der Waals surface area contributed by atoms with Gasteiger partial charge < -0.3 is 10.2 Å². The Bertz CT molecular complexity index is 770. The van der Waals surface area contributed by atoms with Crippen LogP contribution in [0.5, 0.6) is 0 Å². The Kier molecular flexibility index (Phi) is 5.58. The van der Waals surface area contributed by atoms with E-state index in [1.165, 1.54) is 6.07 Å². The van der Waals surface area contributed by atoms with Gasteiger partial charge in [-0.15, -0.1) is 0 Å². The van der Waals surface area contributed by atoms with Crippen LogP contribution in [0.3, 0.4) is 0 Å². The van der Waals surface area contributed by atoms with Gasteiger partial charge in [0.15, 0.2) is 0 Å². The van der Waals surface area contributed by atoms with Crippen LogP contribution in [-0.4, -0.2) is 36.3 Å². The monoisotopic (exact) mass is 408 g/mol. The second-order valence-electron chi connectivity index (χ2n) is 8.75. The van der Waals surface area contributed by atoms with Crippen molar-refractivity contribution in [2.45, 2.75) is 50.6 Å². The first-order valence-electron chi connectivity index (χ1n) is 10.6. The first kappa shape index (κ1) is 20.2. The Morgan fingerprint density at radius 3 is 2.45 bits per heavy atom. The second-order valence-corrected chi connectivity index (χ2v) is 8.75. The second kappa shape index (κ2) is 8.00. The summed E-state index contributed by atoms with van der Waals surface area (Å²) in [5, 5.41) is 2.96. The fourth-order valence-corrected chi connectivity index (χ4v) is 4.66. The van der Waals surface area contributed by atoms with Crippen LogP contribution in [0.2, 0.25) is 0 Å². The fourth-order valence-electron chi connectivity index (χ4n) is 4.66. The molecular weight excluding hydrogens is 381 g/mol. The fraction of sp³-hybridized carbons (Fsp3) is 0.636. The van der Waals surface area contributed by atoms with Crippen molar-refractivity contribution < 1.29 is 22.8 Å². The molecule has 2 aliphatic carbocycles. The minimum Gasteiger partial charge on any atom is -0.356 e. The molecular formula is C22H27F3N2O2. The predicted molar refractivity (Wildman–Crippen MR) is 102 cm³/mol. The maximum atomic E-state index is 13.2. The summed E-state index contributed by atoms with van der Waals surface area (Å²) >= 11 is 0. The molecule has 0 bridgehead atoms. The van der Waals surface area contributed by atoms with Gasteiger partial charge in [-0.25, -0.2) is 0 Å². The highest BCUT2D eigenvalue weighted by atomic mass is 19.4. The molecule has 29 heavy (non-hydrogen) atoms. The lowest BCUT2D eigenvalue weighted by molar-refractivity contribution is -0.138. The average Bonchev–Trinajstić information content (AvgIpc) is 3.19. The first-order chi connectivity index (χ1) is 13.8. The zero-order valence-electron chi connectivity index (χ0n) is 16.4. The number of alkyl halides is 3. The molecule has 0 spiro atoms. The van der Waals surface area contributed by atoms with E-state index in [-0.39, 0.29) is 24.3 Å². The lowest BCUT2D eigenvalue weighted by Crippen LogP contribution is -2.37. The van der Waals surface area contributed by atoms with Crippen molar-refractivity contribution in [3.05, 3.63) is 35.4 Å². The van der Waals surface area contributed by atoms with Gasteiger partial charge >= 0.3 is 6.18 Å². The molecule has 1 heterocycles. The van der Waals surface area contributed by atoms with Gasteiger partial charge in [-0.1, -0.05) is 31.0 Å². The van der Waals surface area contributed by atoms with Crippen LogP contribution in [0.1, 0.15) is 55.6 Å². The standard InChI is InChI=1S/C22H27F3N2O2/c23-22(24,25)17-7-3-6-16(10-17)18-12-27(21(29)15-4-1-2-5-15)13-19(18)20(28)26-11-14-8-9-14/h3,6-7,10,14-15,18-19H,1-2,4-5,8-9,11-13H2,(H,26,28). The highest BCUT2D eigenvalue weighted by Crippen LogP contribution is 2.38. The maximum Gasteiger partial charge on any atom is 0.416 e. The molecule has 3 fully saturated rings. The number of rotatable bonds is 5. The molecule has 4 rings (SSSR count). The van der Waals surface area contributed by atoms with Gasteiger partial charge in [0.1, 0.15) is 0 Å². The average molecular weight is 408 g/mol. The van der Waals surface area contributed by atoms with Crippen molar-refractivity contribution in [3.63, 3.8) is 0 Å². The highest BCUT2D eigenvalue weighted by molar-refractivity contribution is 5.84. The molecule has 4 nitrogen and oxygen atoms in total. The largest absolute Gasteiger partial charge is 0.416 e. The number of halogens is 3. The van der Waals surface area contributed by atoms with E-state index >= 15 is 0 Å². The van der Waals surface area contributed by atoms with Crippen LogP contribution in [0, 0.1) is 17.8 Å². The van der Waals surface area contributed by atoms with Crippen LogP contribution in [0.15, 0.2) is 24.3 Å². The molecule has 1 N–H and O–H groups in total. The van der Waals surface area contributed by atoms with E-state index in [1.54, 1.807) is 11.0 Å². The van der Waals surface area contributed by atoms with Gasteiger partial charge in [0.2, 0.25) is 11.8 Å². The molecule has 7 heteroatoms. The number of carbonyl (C=O) groups is 2. The summed E-state index contributed by atoms with van der Waals surface area (Å²) in [4.78, 5) is 27.5. The zero-order chi connectivity index (χ0) is 20.6. The first-order valence-corrected chi connectivity index (χ1v) is 10.6. The molecule has 158 valence electrons. The van der Waals surface area contributed by atoms with Crippen LogP contribution < -0.4 is 5.32 Å². The molecule has 3 aliphatic rings. The van der Waals surface area contributed by atoms with Crippen molar-refractivity contribution in [2.24, 2.45) is 17.8 Å². The lowest BCUT2D eigenvalue weighted by Gasteiger charge is -2.20. The van der Waals surface area contributed by atoms with Gasteiger partial charge in [-0.05, 0) is 43.2 Å². The third-order valence-corrected chi connectivity index (χ3v) is 6.58. The lowest BCUT2D eigenvalue weighted by atomic mass is 9.87. The van der Waals surface area contributed by atoms with Gasteiger partial charge in [0, 0.05) is 31.5 Å². The van der Waals surface area contributed by atoms with Crippen molar-refractivity contribution in [3.8, 4) is 0 Å². The summed E-state index contributed by atoms with van der Waals surface area (Å²) in [6.45, 7) is 1.20. The Hall–Kier alpha value is -2.05. The SMILES string of the molecule is O=C(NCC1CC1)C1CN(C(=O)C2CCCC2)CC1c1cccc(C(F)(F)F)c1. The van der Waals surface area contributed by atoms with Crippen LogP contribution in [0.25, 0.3) is 0 Å². The summed E-state index contributed by atoms with van der Waals surface area (Å²) in [5.74, 6) is -0.517. The third kappa shape index (κ3) is 4.59. The van der Waals surface area contributed by atoms with E-state index in [1.807, 2.05) is 0 Å². The Labute approximate surface area is 168 Å². The molecule has 0 radical (unpaired) electrons. The summed E-state index contributed by atoms with van der Waals surface area (Å²) in [6, 6.07) is 5.21. The third-order valence-electron chi connectivity index (χ3n) is 6.58. The number of carbonyl (C=O) groups excluding carboxylic acids is 2. The molecule has 2 amide bonds. The van der Waals surface area contributed by atoms with E-state index in [2.05, 4.69) is 5.32 Å². The molecule has 0 aromatic heterocycles. The quantitative estimate of drug-likeness (QED) is 0.802. The molecule has 2 atom stereocenters. The van der Waals surface area contributed by atoms with E-state index in [0.717, 1.165) is 50.7 Å². The predicted octanol–water partition coefficient (Wildman–Crippen LogP) is 3.96. The Morgan fingerprint density at radius 2 is 1.79 bits per heavy atom. The van der Waals surface area contributed by atoms with Gasteiger partial charge in [0.05, 0.1) is 11.5 Å². The van der Waals surface area contributed by atoms with E-state index in [9.17, 15) is 22.8 Å². The van der Waals surface area contributed by atoms with E-state index < -0.39 is 23.6 Å². The summed E-state index contributed by atoms with van der Waals surface area (Å²) < 4.78 is 39.6. The number of nitrogens with zero attached hydrogens (tertiary/aromatic N) is 1. The van der Waals surface area contributed by atoms with Crippen molar-refractivity contribution in [1.29, 1.82) is 0 Å². The summed E-state index contributed by atoms with van der Waals surface area (Å²) in [7, 11) is 0. The number of nitrogens with one attached hydrogen (secondary N) is 1. The van der Waals surface area contributed by atoms with Crippen molar-refractivity contribution >= 4 is 11.8 Å². The topological polar surface area (TPSA) is 49.4 Å². The minimum absolute atomic E-state index is 0.00886. The van der Waals surface area contributed by atoms with Crippen LogP contribution >= 0.6 is 0 Å². The molecule has 1 aromatic rings. The zero-order valence-corrected chi connectivity index (χ0v) is 16.4. The van der Waals surface area contributed by atoms with Crippen molar-refractivity contribution in [1.82, 2.24) is 10.2 Å². The molecule has 1 aromatic carbocycles. The van der Waals surface area contributed by atoms with E-state index in [4.69, 9.17) is 0 Å². The highest BCUT2D eigenvalue weighted by Gasteiger charge is 2.43. The minimum atomic E-state index is -4.43. The number of amides is 2. The van der Waals surface area contributed by atoms with Gasteiger partial charge in [-0.2, -0.15) is 13.2 Å².